The Morgan fingerprint density at radius 2 is 2.06 bits per heavy atom. The van der Waals surface area contributed by atoms with E-state index >= 15 is 0 Å². The zero-order chi connectivity index (χ0) is 23.4. The van der Waals surface area contributed by atoms with Crippen LogP contribution in [0, 0.1) is 5.92 Å². The Kier molecular flexibility index (Phi) is 7.23. The fourth-order valence-corrected chi connectivity index (χ4v) is 5.34. The summed E-state index contributed by atoms with van der Waals surface area (Å²) in [5, 5.41) is 6.56. The molecule has 0 aliphatic heterocycles. The van der Waals surface area contributed by atoms with E-state index < -0.39 is 0 Å². The van der Waals surface area contributed by atoms with E-state index in [2.05, 4.69) is 20.6 Å². The van der Waals surface area contributed by atoms with E-state index in [-0.39, 0.29) is 29.7 Å². The van der Waals surface area contributed by atoms with Crippen LogP contribution in [0.3, 0.4) is 0 Å². The molecular formula is C25H30N4O3S. The van der Waals surface area contributed by atoms with Gasteiger partial charge in [-0.25, -0.2) is 4.98 Å². The van der Waals surface area contributed by atoms with Crippen molar-refractivity contribution >= 4 is 39.1 Å². The van der Waals surface area contributed by atoms with Crippen molar-refractivity contribution in [1.82, 2.24) is 15.3 Å². The van der Waals surface area contributed by atoms with E-state index in [0.717, 1.165) is 53.6 Å². The van der Waals surface area contributed by atoms with E-state index in [0.29, 0.717) is 18.8 Å². The zero-order valence-corrected chi connectivity index (χ0v) is 19.9. The van der Waals surface area contributed by atoms with Gasteiger partial charge in [0.1, 0.15) is 10.7 Å². The maximum absolute atomic E-state index is 12.6. The predicted molar refractivity (Wildman–Crippen MR) is 132 cm³/mol. The molecule has 1 aliphatic carbocycles. The summed E-state index contributed by atoms with van der Waals surface area (Å²) in [5.41, 5.74) is 2.70. The van der Waals surface area contributed by atoms with Crippen LogP contribution in [0.15, 0.2) is 29.1 Å². The Balaban J connectivity index is 1.33. The van der Waals surface area contributed by atoms with E-state index in [4.69, 9.17) is 0 Å². The topological polar surface area (TPSA) is 104 Å². The minimum Gasteiger partial charge on any atom is -0.352 e. The Morgan fingerprint density at radius 1 is 1.24 bits per heavy atom. The van der Waals surface area contributed by atoms with Crippen molar-refractivity contribution in [1.29, 1.82) is 0 Å². The van der Waals surface area contributed by atoms with Crippen molar-refractivity contribution in [2.24, 2.45) is 5.92 Å². The molecule has 0 bridgehead atoms. The fourth-order valence-electron chi connectivity index (χ4n) is 4.06. The number of hydrogen-bond donors (Lipinski definition) is 3. The molecule has 4 rings (SSSR count). The van der Waals surface area contributed by atoms with E-state index in [1.54, 1.807) is 11.3 Å². The number of nitrogens with zero attached hydrogens (tertiary/aromatic N) is 1. The van der Waals surface area contributed by atoms with Crippen LogP contribution >= 0.6 is 11.3 Å². The molecule has 33 heavy (non-hydrogen) atoms. The Bertz CT molecular complexity index is 1230. The second-order valence-corrected chi connectivity index (χ2v) is 9.76. The van der Waals surface area contributed by atoms with Gasteiger partial charge >= 0.3 is 0 Å². The molecule has 1 atom stereocenters. The molecule has 0 saturated carbocycles. The number of benzene rings is 1. The van der Waals surface area contributed by atoms with Crippen LogP contribution in [0.5, 0.6) is 0 Å². The van der Waals surface area contributed by atoms with Gasteiger partial charge in [-0.15, -0.1) is 11.3 Å². The van der Waals surface area contributed by atoms with Gasteiger partial charge in [-0.1, -0.05) is 26.0 Å². The quantitative estimate of drug-likeness (QED) is 0.465. The summed E-state index contributed by atoms with van der Waals surface area (Å²) in [6.07, 6.45) is 5.66. The maximum Gasteiger partial charge on any atom is 0.259 e. The van der Waals surface area contributed by atoms with Gasteiger partial charge in [0.25, 0.3) is 5.56 Å². The fraction of sp³-hybridized carbons (Fsp3) is 0.440. The first kappa shape index (κ1) is 23.2. The standard InChI is InChI=1S/C25H30N4O3S/c1-3-15(2)23(31)27-17-8-6-7-16(13-17)14-26-21(30)12-11-20-28-24(32)22-18-9-4-5-10-19(18)33-25(22)29-20/h6-8,13,15H,3-5,9-12,14H2,1-2H3,(H,26,30)(H,27,31)(H,28,29,32). The van der Waals surface area contributed by atoms with Crippen LogP contribution in [-0.2, 0) is 35.4 Å². The van der Waals surface area contributed by atoms with Crippen LogP contribution in [-0.4, -0.2) is 21.8 Å². The number of aromatic amines is 1. The lowest BCUT2D eigenvalue weighted by molar-refractivity contribution is -0.121. The lowest BCUT2D eigenvalue weighted by atomic mass is 9.97. The van der Waals surface area contributed by atoms with Crippen LogP contribution in [0.2, 0.25) is 0 Å². The van der Waals surface area contributed by atoms with E-state index in [9.17, 15) is 14.4 Å². The molecule has 2 heterocycles. The monoisotopic (exact) mass is 466 g/mol. The number of amides is 2. The Morgan fingerprint density at radius 3 is 2.88 bits per heavy atom. The van der Waals surface area contributed by atoms with Crippen molar-refractivity contribution in [3.05, 3.63) is 56.4 Å². The molecule has 3 N–H and O–H groups in total. The average molecular weight is 467 g/mol. The van der Waals surface area contributed by atoms with Gasteiger partial charge in [0.15, 0.2) is 0 Å². The van der Waals surface area contributed by atoms with Gasteiger partial charge in [0.05, 0.1) is 5.39 Å². The second kappa shape index (κ2) is 10.3. The highest BCUT2D eigenvalue weighted by atomic mass is 32.1. The predicted octanol–water partition coefficient (Wildman–Crippen LogP) is 4.10. The first-order chi connectivity index (χ1) is 15.9. The highest BCUT2D eigenvalue weighted by Crippen LogP contribution is 2.33. The molecule has 3 aromatic rings. The molecule has 1 aromatic carbocycles. The summed E-state index contributed by atoms with van der Waals surface area (Å²) >= 11 is 1.62. The van der Waals surface area contributed by atoms with E-state index in [1.165, 1.54) is 10.4 Å². The van der Waals surface area contributed by atoms with Crippen LogP contribution in [0.4, 0.5) is 5.69 Å². The largest absolute Gasteiger partial charge is 0.352 e. The summed E-state index contributed by atoms with van der Waals surface area (Å²) in [4.78, 5) is 46.7. The zero-order valence-electron chi connectivity index (χ0n) is 19.1. The number of nitrogens with one attached hydrogen (secondary N) is 3. The van der Waals surface area contributed by atoms with Crippen molar-refractivity contribution < 1.29 is 9.59 Å². The van der Waals surface area contributed by atoms with Crippen molar-refractivity contribution in [2.75, 3.05) is 5.32 Å². The Hall–Kier alpha value is -3.00. The van der Waals surface area contributed by atoms with Gasteiger partial charge in [0, 0.05) is 35.9 Å². The summed E-state index contributed by atoms with van der Waals surface area (Å²) < 4.78 is 0. The van der Waals surface area contributed by atoms with Crippen LogP contribution in [0.1, 0.15) is 61.4 Å². The average Bonchev–Trinajstić information content (AvgIpc) is 3.20. The first-order valence-electron chi connectivity index (χ1n) is 11.6. The number of thiophene rings is 1. The van der Waals surface area contributed by atoms with E-state index in [1.807, 2.05) is 38.1 Å². The van der Waals surface area contributed by atoms with Gasteiger partial charge in [-0.3, -0.25) is 14.4 Å². The molecule has 2 amide bonds. The number of carbonyl (C=O) groups is 2. The molecule has 0 radical (unpaired) electrons. The third kappa shape index (κ3) is 5.50. The molecule has 2 aromatic heterocycles. The molecule has 7 nitrogen and oxygen atoms in total. The Labute approximate surface area is 197 Å². The van der Waals surface area contributed by atoms with Crippen molar-refractivity contribution in [3.8, 4) is 0 Å². The highest BCUT2D eigenvalue weighted by molar-refractivity contribution is 7.18. The lowest BCUT2D eigenvalue weighted by Crippen LogP contribution is -2.24. The highest BCUT2D eigenvalue weighted by Gasteiger charge is 2.20. The third-order valence-corrected chi connectivity index (χ3v) is 7.39. The molecule has 174 valence electrons. The van der Waals surface area contributed by atoms with Crippen molar-refractivity contribution in [3.63, 3.8) is 0 Å². The number of anilines is 1. The minimum absolute atomic E-state index is 0.0104. The summed E-state index contributed by atoms with van der Waals surface area (Å²) in [7, 11) is 0. The van der Waals surface area contributed by atoms with Gasteiger partial charge in [-0.2, -0.15) is 0 Å². The molecule has 0 saturated heterocycles. The minimum atomic E-state index is -0.114. The third-order valence-electron chi connectivity index (χ3n) is 6.21. The first-order valence-corrected chi connectivity index (χ1v) is 12.5. The number of fused-ring (bicyclic) bond motifs is 3. The number of aryl methyl sites for hydroxylation is 3. The summed E-state index contributed by atoms with van der Waals surface area (Å²) in [6, 6.07) is 7.47. The molecule has 8 heteroatoms. The van der Waals surface area contributed by atoms with Gasteiger partial charge in [-0.05, 0) is 55.4 Å². The maximum atomic E-state index is 12.6. The SMILES string of the molecule is CCC(C)C(=O)Nc1cccc(CNC(=O)CCc2nc3sc4c(c3c(=O)[nH]2)CCCC4)c1. The molecule has 1 aliphatic rings. The van der Waals surface area contributed by atoms with Crippen LogP contribution < -0.4 is 16.2 Å². The number of aromatic nitrogens is 2. The van der Waals surface area contributed by atoms with Gasteiger partial charge in [0.2, 0.25) is 11.8 Å². The number of carbonyl (C=O) groups excluding carboxylic acids is 2. The smallest absolute Gasteiger partial charge is 0.259 e. The molecular weight excluding hydrogens is 436 g/mol. The lowest BCUT2D eigenvalue weighted by Gasteiger charge is -2.11. The molecule has 0 fully saturated rings. The van der Waals surface area contributed by atoms with Crippen LogP contribution in [0.25, 0.3) is 10.2 Å². The van der Waals surface area contributed by atoms with Crippen molar-refractivity contribution in [2.45, 2.75) is 65.3 Å². The number of H-pyrrole nitrogens is 1. The number of hydrogen-bond acceptors (Lipinski definition) is 5. The summed E-state index contributed by atoms with van der Waals surface area (Å²) in [5.74, 6) is 0.379. The van der Waals surface area contributed by atoms with Gasteiger partial charge < -0.3 is 15.6 Å². The second-order valence-electron chi connectivity index (χ2n) is 8.68. The summed E-state index contributed by atoms with van der Waals surface area (Å²) in [6.45, 7) is 4.24. The molecule has 1 unspecified atom stereocenters. The molecule has 0 spiro atoms. The normalized spacial score (nSPS) is 14.0. The number of rotatable bonds is 8.